The molecule has 21 heavy (non-hydrogen) atoms. The van der Waals surface area contributed by atoms with E-state index in [0.29, 0.717) is 12.5 Å². The summed E-state index contributed by atoms with van der Waals surface area (Å²) in [6.07, 6.45) is 10.9. The standard InChI is InChI=1S/C15H18N4OS/c20-14(19-9-11-7-16-10-17-8-11)12-2-1-3-13(6-12)15-18-4-5-21-15/h4-5,7-8,10,12-13H,1-3,6,9H2,(H,19,20). The number of nitrogens with one attached hydrogen (secondary N) is 1. The maximum atomic E-state index is 12.3. The van der Waals surface area contributed by atoms with Crippen molar-refractivity contribution in [3.63, 3.8) is 0 Å². The highest BCUT2D eigenvalue weighted by molar-refractivity contribution is 7.09. The van der Waals surface area contributed by atoms with Gasteiger partial charge in [-0.3, -0.25) is 4.79 Å². The van der Waals surface area contributed by atoms with E-state index in [1.54, 1.807) is 23.7 Å². The van der Waals surface area contributed by atoms with Crippen LogP contribution in [0.3, 0.4) is 0 Å². The lowest BCUT2D eigenvalue weighted by Gasteiger charge is -2.27. The first-order valence-electron chi connectivity index (χ1n) is 7.24. The highest BCUT2D eigenvalue weighted by atomic mass is 32.1. The molecule has 6 heteroatoms. The zero-order valence-electron chi connectivity index (χ0n) is 11.7. The first kappa shape index (κ1) is 14.1. The number of hydrogen-bond donors (Lipinski definition) is 1. The summed E-state index contributed by atoms with van der Waals surface area (Å²) in [5, 5.41) is 6.18. The second-order valence-corrected chi connectivity index (χ2v) is 6.32. The number of carbonyl (C=O) groups excluding carboxylic acids is 1. The predicted molar refractivity (Wildman–Crippen MR) is 80.7 cm³/mol. The Morgan fingerprint density at radius 2 is 2.19 bits per heavy atom. The van der Waals surface area contributed by atoms with Crippen LogP contribution in [0, 0.1) is 5.92 Å². The Labute approximate surface area is 127 Å². The largest absolute Gasteiger partial charge is 0.352 e. The van der Waals surface area contributed by atoms with Gasteiger partial charge < -0.3 is 5.32 Å². The molecular formula is C15H18N4OS. The molecule has 0 spiro atoms. The SMILES string of the molecule is O=C(NCc1cncnc1)C1CCCC(c2nccs2)C1. The third-order valence-corrected chi connectivity index (χ3v) is 4.86. The smallest absolute Gasteiger partial charge is 0.223 e. The predicted octanol–water partition coefficient (Wildman–Crippen LogP) is 2.52. The maximum Gasteiger partial charge on any atom is 0.223 e. The van der Waals surface area contributed by atoms with Gasteiger partial charge in [-0.1, -0.05) is 6.42 Å². The summed E-state index contributed by atoms with van der Waals surface area (Å²) >= 11 is 1.69. The molecule has 2 atom stereocenters. The van der Waals surface area contributed by atoms with Gasteiger partial charge in [0.1, 0.15) is 6.33 Å². The van der Waals surface area contributed by atoms with Gasteiger partial charge in [0.05, 0.1) is 5.01 Å². The second kappa shape index (κ2) is 6.76. The molecular weight excluding hydrogens is 284 g/mol. The normalized spacial score (nSPS) is 21.9. The van der Waals surface area contributed by atoms with Gasteiger partial charge in [0, 0.05) is 47.9 Å². The number of thiazole rings is 1. The monoisotopic (exact) mass is 302 g/mol. The molecule has 2 aromatic heterocycles. The van der Waals surface area contributed by atoms with Gasteiger partial charge in [0.2, 0.25) is 5.91 Å². The van der Waals surface area contributed by atoms with E-state index in [1.165, 1.54) is 11.3 Å². The van der Waals surface area contributed by atoms with Crippen molar-refractivity contribution in [3.05, 3.63) is 40.9 Å². The van der Waals surface area contributed by atoms with Gasteiger partial charge >= 0.3 is 0 Å². The van der Waals surface area contributed by atoms with Crippen LogP contribution in [0.4, 0.5) is 0 Å². The van der Waals surface area contributed by atoms with Crippen LogP contribution >= 0.6 is 11.3 Å². The fraction of sp³-hybridized carbons (Fsp3) is 0.467. The van der Waals surface area contributed by atoms with Crippen molar-refractivity contribution in [2.75, 3.05) is 0 Å². The van der Waals surface area contributed by atoms with Crippen LogP contribution in [-0.4, -0.2) is 20.9 Å². The molecule has 2 heterocycles. The lowest BCUT2D eigenvalue weighted by molar-refractivity contribution is -0.126. The Hall–Kier alpha value is -1.82. The summed E-state index contributed by atoms with van der Waals surface area (Å²) < 4.78 is 0. The van der Waals surface area contributed by atoms with Crippen LogP contribution in [-0.2, 0) is 11.3 Å². The Kier molecular flexibility index (Phi) is 4.55. The summed E-state index contributed by atoms with van der Waals surface area (Å²) in [5.74, 6) is 0.673. The third-order valence-electron chi connectivity index (χ3n) is 3.93. The molecule has 1 aliphatic rings. The Morgan fingerprint density at radius 1 is 1.33 bits per heavy atom. The van der Waals surface area contributed by atoms with Gasteiger partial charge in [-0.15, -0.1) is 11.3 Å². The molecule has 0 bridgehead atoms. The Bertz CT molecular complexity index is 573. The van der Waals surface area contributed by atoms with Crippen molar-refractivity contribution in [1.82, 2.24) is 20.3 Å². The topological polar surface area (TPSA) is 67.8 Å². The van der Waals surface area contributed by atoms with E-state index in [2.05, 4.69) is 20.3 Å². The van der Waals surface area contributed by atoms with E-state index in [0.717, 1.165) is 31.2 Å². The van der Waals surface area contributed by atoms with Gasteiger partial charge in [0.15, 0.2) is 0 Å². The molecule has 2 unspecified atom stereocenters. The molecule has 1 N–H and O–H groups in total. The van der Waals surface area contributed by atoms with E-state index >= 15 is 0 Å². The molecule has 0 aliphatic heterocycles. The van der Waals surface area contributed by atoms with E-state index in [1.807, 2.05) is 11.6 Å². The Balaban J connectivity index is 1.55. The van der Waals surface area contributed by atoms with Crippen molar-refractivity contribution < 1.29 is 4.79 Å². The van der Waals surface area contributed by atoms with Gasteiger partial charge in [-0.25, -0.2) is 15.0 Å². The molecule has 0 saturated heterocycles. The van der Waals surface area contributed by atoms with Crippen LogP contribution in [0.5, 0.6) is 0 Å². The molecule has 1 fully saturated rings. The molecule has 0 aromatic carbocycles. The van der Waals surface area contributed by atoms with Gasteiger partial charge in [-0.05, 0) is 19.3 Å². The van der Waals surface area contributed by atoms with Gasteiger partial charge in [-0.2, -0.15) is 0 Å². The summed E-state index contributed by atoms with van der Waals surface area (Å²) in [6, 6.07) is 0. The lowest BCUT2D eigenvalue weighted by atomic mass is 9.81. The van der Waals surface area contributed by atoms with E-state index < -0.39 is 0 Å². The van der Waals surface area contributed by atoms with Crippen LogP contribution in [0.2, 0.25) is 0 Å². The van der Waals surface area contributed by atoms with E-state index in [9.17, 15) is 4.79 Å². The molecule has 0 radical (unpaired) electrons. The second-order valence-electron chi connectivity index (χ2n) is 5.40. The summed E-state index contributed by atoms with van der Waals surface area (Å²) in [6.45, 7) is 0.498. The summed E-state index contributed by atoms with van der Waals surface area (Å²) in [7, 11) is 0. The van der Waals surface area contributed by atoms with E-state index in [4.69, 9.17) is 0 Å². The minimum Gasteiger partial charge on any atom is -0.352 e. The number of rotatable bonds is 4. The quantitative estimate of drug-likeness (QED) is 0.942. The number of hydrogen-bond acceptors (Lipinski definition) is 5. The molecule has 1 aliphatic carbocycles. The minimum absolute atomic E-state index is 0.0947. The number of aromatic nitrogens is 3. The van der Waals surface area contributed by atoms with Crippen LogP contribution < -0.4 is 5.32 Å². The average Bonchev–Trinajstić information content (AvgIpc) is 3.08. The van der Waals surface area contributed by atoms with Crippen LogP contribution in [0.15, 0.2) is 30.3 Å². The molecule has 1 saturated carbocycles. The molecule has 2 aromatic rings. The Morgan fingerprint density at radius 3 is 2.95 bits per heavy atom. The number of amides is 1. The summed E-state index contributed by atoms with van der Waals surface area (Å²) in [4.78, 5) is 24.6. The first-order valence-corrected chi connectivity index (χ1v) is 8.12. The zero-order valence-corrected chi connectivity index (χ0v) is 12.6. The maximum absolute atomic E-state index is 12.3. The lowest BCUT2D eigenvalue weighted by Crippen LogP contribution is -2.33. The third kappa shape index (κ3) is 3.64. The fourth-order valence-electron chi connectivity index (χ4n) is 2.84. The van der Waals surface area contributed by atoms with E-state index in [-0.39, 0.29) is 11.8 Å². The highest BCUT2D eigenvalue weighted by Crippen LogP contribution is 2.36. The molecule has 1 amide bonds. The molecule has 110 valence electrons. The fourth-order valence-corrected chi connectivity index (χ4v) is 3.63. The molecule has 3 rings (SSSR count). The van der Waals surface area contributed by atoms with Crippen molar-refractivity contribution >= 4 is 17.2 Å². The zero-order chi connectivity index (χ0) is 14.5. The first-order chi connectivity index (χ1) is 10.3. The van der Waals surface area contributed by atoms with Crippen molar-refractivity contribution in [1.29, 1.82) is 0 Å². The summed E-state index contributed by atoms with van der Waals surface area (Å²) in [5.41, 5.74) is 0.929. The average molecular weight is 302 g/mol. The highest BCUT2D eigenvalue weighted by Gasteiger charge is 2.29. The van der Waals surface area contributed by atoms with Crippen LogP contribution in [0.1, 0.15) is 42.2 Å². The van der Waals surface area contributed by atoms with Crippen molar-refractivity contribution in [2.45, 2.75) is 38.1 Å². The van der Waals surface area contributed by atoms with Crippen molar-refractivity contribution in [3.8, 4) is 0 Å². The van der Waals surface area contributed by atoms with Crippen molar-refractivity contribution in [2.24, 2.45) is 5.92 Å². The molecule has 5 nitrogen and oxygen atoms in total. The number of nitrogens with zero attached hydrogens (tertiary/aromatic N) is 3. The minimum atomic E-state index is 0.0947. The van der Waals surface area contributed by atoms with Crippen LogP contribution in [0.25, 0.3) is 0 Å². The number of carbonyl (C=O) groups is 1. The van der Waals surface area contributed by atoms with Gasteiger partial charge in [0.25, 0.3) is 0 Å².